The van der Waals surface area contributed by atoms with E-state index < -0.39 is 8.32 Å². The fourth-order valence-corrected chi connectivity index (χ4v) is 6.06. The van der Waals surface area contributed by atoms with Crippen molar-refractivity contribution in [2.45, 2.75) is 31.7 Å². The minimum Gasteiger partial charge on any atom is -0.408 e. The summed E-state index contributed by atoms with van der Waals surface area (Å²) < 4.78 is 6.77. The highest BCUT2D eigenvalue weighted by molar-refractivity contribution is 6.69. The molecular weight excluding hydrogens is 248 g/mol. The number of hydrogen-bond donors (Lipinski definition) is 0. The number of hydrogen-bond acceptors (Lipinski definition) is 1. The highest BCUT2D eigenvalue weighted by Gasteiger charge is 2.75. The van der Waals surface area contributed by atoms with Gasteiger partial charge in [0.2, 0.25) is 0 Å². The summed E-state index contributed by atoms with van der Waals surface area (Å²) in [6.45, 7) is 6.96. The zero-order valence-corrected chi connectivity index (χ0v) is 13.0. The first-order valence-corrected chi connectivity index (χ1v) is 10.9. The van der Waals surface area contributed by atoms with Crippen LogP contribution in [0.2, 0.25) is 19.6 Å². The normalized spacial score (nSPS) is 42.5. The molecule has 1 aromatic rings. The smallest absolute Gasteiger partial charge is 0.185 e. The highest BCUT2D eigenvalue weighted by Crippen LogP contribution is 2.75. The molecule has 0 amide bonds. The second-order valence-corrected chi connectivity index (χ2v) is 11.8. The quantitative estimate of drug-likeness (QED) is 0.591. The highest BCUT2D eigenvalue weighted by atomic mass is 28.4. The molecule has 2 fully saturated rings. The Balaban J connectivity index is 1.76. The van der Waals surface area contributed by atoms with Crippen LogP contribution in [-0.4, -0.2) is 8.32 Å². The van der Waals surface area contributed by atoms with E-state index >= 15 is 0 Å². The van der Waals surface area contributed by atoms with Gasteiger partial charge in [0.05, 0.1) is 5.60 Å². The van der Waals surface area contributed by atoms with Gasteiger partial charge in [-0.3, -0.25) is 0 Å². The van der Waals surface area contributed by atoms with Gasteiger partial charge in [0.15, 0.2) is 8.32 Å². The Morgan fingerprint density at radius 2 is 1.58 bits per heavy atom. The fourth-order valence-electron chi connectivity index (χ4n) is 4.66. The Morgan fingerprint density at radius 3 is 2.11 bits per heavy atom. The summed E-state index contributed by atoms with van der Waals surface area (Å²) in [6.07, 6.45) is 6.27. The lowest BCUT2D eigenvalue weighted by atomic mass is 9.93. The minimum absolute atomic E-state index is 0.0445. The number of allylic oxidation sites excluding steroid dienone is 2. The molecule has 0 saturated heterocycles. The predicted molar refractivity (Wildman–Crippen MR) is 80.3 cm³/mol. The lowest BCUT2D eigenvalue weighted by Gasteiger charge is -2.32. The summed E-state index contributed by atoms with van der Waals surface area (Å²) in [5.74, 6) is 3.03. The van der Waals surface area contributed by atoms with E-state index in [1.807, 2.05) is 0 Å². The molecule has 4 unspecified atom stereocenters. The van der Waals surface area contributed by atoms with E-state index in [1.165, 1.54) is 12.0 Å². The molecule has 2 bridgehead atoms. The first-order chi connectivity index (χ1) is 9.02. The molecule has 4 atom stereocenters. The van der Waals surface area contributed by atoms with Gasteiger partial charge in [0.25, 0.3) is 0 Å². The Morgan fingerprint density at radius 1 is 1.00 bits per heavy atom. The summed E-state index contributed by atoms with van der Waals surface area (Å²) in [7, 11) is -1.54. The van der Waals surface area contributed by atoms with E-state index in [1.54, 1.807) is 0 Å². The van der Waals surface area contributed by atoms with Gasteiger partial charge in [0, 0.05) is 11.8 Å². The van der Waals surface area contributed by atoms with Crippen LogP contribution in [-0.2, 0) is 10.0 Å². The molecule has 0 N–H and O–H groups in total. The summed E-state index contributed by atoms with van der Waals surface area (Å²) in [5, 5.41) is 0. The maximum absolute atomic E-state index is 6.77. The van der Waals surface area contributed by atoms with Crippen molar-refractivity contribution in [3.05, 3.63) is 48.0 Å². The second-order valence-electron chi connectivity index (χ2n) is 7.37. The fraction of sp³-hybridized carbons (Fsp3) is 0.529. The summed E-state index contributed by atoms with van der Waals surface area (Å²) in [6, 6.07) is 11.0. The van der Waals surface area contributed by atoms with Crippen molar-refractivity contribution in [3.8, 4) is 0 Å². The summed E-state index contributed by atoms with van der Waals surface area (Å²) in [5.41, 5.74) is 1.47. The monoisotopic (exact) mass is 270 g/mol. The predicted octanol–water partition coefficient (Wildman–Crippen LogP) is 4.19. The first kappa shape index (κ1) is 11.9. The van der Waals surface area contributed by atoms with Crippen LogP contribution in [0.5, 0.6) is 0 Å². The first-order valence-electron chi connectivity index (χ1n) is 7.46. The Kier molecular flexibility index (Phi) is 2.27. The Hall–Kier alpha value is -0.863. The molecule has 19 heavy (non-hydrogen) atoms. The van der Waals surface area contributed by atoms with Crippen LogP contribution in [0.25, 0.3) is 0 Å². The number of benzene rings is 1. The Bertz CT molecular complexity index is 510. The average molecular weight is 270 g/mol. The molecule has 0 aliphatic heterocycles. The van der Waals surface area contributed by atoms with Crippen molar-refractivity contribution in [1.29, 1.82) is 0 Å². The second kappa shape index (κ2) is 3.61. The van der Waals surface area contributed by atoms with Crippen molar-refractivity contribution in [2.75, 3.05) is 0 Å². The van der Waals surface area contributed by atoms with Gasteiger partial charge in [0.1, 0.15) is 0 Å². The van der Waals surface area contributed by atoms with Crippen LogP contribution < -0.4 is 0 Å². The van der Waals surface area contributed by atoms with Crippen molar-refractivity contribution in [3.63, 3.8) is 0 Å². The van der Waals surface area contributed by atoms with Gasteiger partial charge < -0.3 is 4.43 Å². The van der Waals surface area contributed by atoms with E-state index in [-0.39, 0.29) is 5.60 Å². The SMILES string of the molecule is C[Si](C)(C)OC1(c2ccccc2)C2C3C=CC(C3)C21. The van der Waals surface area contributed by atoms with Gasteiger partial charge in [-0.2, -0.15) is 0 Å². The maximum atomic E-state index is 6.77. The summed E-state index contributed by atoms with van der Waals surface area (Å²) in [4.78, 5) is 0. The molecule has 0 radical (unpaired) electrons. The van der Waals surface area contributed by atoms with Crippen LogP contribution in [0.1, 0.15) is 12.0 Å². The van der Waals surface area contributed by atoms with Gasteiger partial charge in [-0.05, 0) is 43.5 Å². The largest absolute Gasteiger partial charge is 0.408 e. The van der Waals surface area contributed by atoms with Crippen molar-refractivity contribution >= 4 is 8.32 Å². The Labute approximate surface area is 116 Å². The molecule has 3 aliphatic rings. The maximum Gasteiger partial charge on any atom is 0.185 e. The number of rotatable bonds is 3. The molecular formula is C17H22OSi. The third-order valence-electron chi connectivity index (χ3n) is 5.04. The molecule has 3 aliphatic carbocycles. The molecule has 0 heterocycles. The van der Waals surface area contributed by atoms with Crippen molar-refractivity contribution in [2.24, 2.45) is 23.7 Å². The lowest BCUT2D eigenvalue weighted by Crippen LogP contribution is -2.36. The lowest BCUT2D eigenvalue weighted by molar-refractivity contribution is 0.112. The molecule has 2 heteroatoms. The summed E-state index contributed by atoms with van der Waals surface area (Å²) >= 11 is 0. The van der Waals surface area contributed by atoms with Gasteiger partial charge in [-0.1, -0.05) is 42.5 Å². The van der Waals surface area contributed by atoms with Crippen molar-refractivity contribution < 1.29 is 4.43 Å². The zero-order valence-electron chi connectivity index (χ0n) is 12.0. The van der Waals surface area contributed by atoms with E-state index in [0.29, 0.717) is 0 Å². The number of fused-ring (bicyclic) bond motifs is 5. The van der Waals surface area contributed by atoms with E-state index in [0.717, 1.165) is 23.7 Å². The third kappa shape index (κ3) is 1.56. The van der Waals surface area contributed by atoms with Crippen LogP contribution in [0.3, 0.4) is 0 Å². The standard InChI is InChI=1S/C17H22OSi/c1-19(2,3)18-17(14-7-5-4-6-8-14)15-12-9-10-13(11-12)16(15)17/h4-10,12-13,15-16H,11H2,1-3H3. The molecule has 0 spiro atoms. The molecule has 4 rings (SSSR count). The van der Waals surface area contributed by atoms with E-state index in [4.69, 9.17) is 4.43 Å². The molecule has 1 nitrogen and oxygen atoms in total. The average Bonchev–Trinajstić information content (AvgIpc) is 2.74. The molecule has 2 saturated carbocycles. The van der Waals surface area contributed by atoms with Crippen LogP contribution in [0.4, 0.5) is 0 Å². The molecule has 100 valence electrons. The van der Waals surface area contributed by atoms with Gasteiger partial charge in [-0.15, -0.1) is 0 Å². The topological polar surface area (TPSA) is 9.23 Å². The van der Waals surface area contributed by atoms with Crippen molar-refractivity contribution in [1.82, 2.24) is 0 Å². The van der Waals surface area contributed by atoms with E-state index in [9.17, 15) is 0 Å². The third-order valence-corrected chi connectivity index (χ3v) is 5.99. The molecule has 0 aromatic heterocycles. The molecule has 1 aromatic carbocycles. The van der Waals surface area contributed by atoms with E-state index in [2.05, 4.69) is 62.1 Å². The van der Waals surface area contributed by atoms with Crippen LogP contribution in [0.15, 0.2) is 42.5 Å². The minimum atomic E-state index is -1.54. The zero-order chi connectivity index (χ0) is 13.3. The van der Waals surface area contributed by atoms with Gasteiger partial charge >= 0.3 is 0 Å². The van der Waals surface area contributed by atoms with Crippen LogP contribution >= 0.6 is 0 Å². The van der Waals surface area contributed by atoms with Gasteiger partial charge in [-0.25, -0.2) is 0 Å². The van der Waals surface area contributed by atoms with Crippen LogP contribution in [0, 0.1) is 23.7 Å².